The van der Waals surface area contributed by atoms with Crippen LogP contribution in [-0.4, -0.2) is 0 Å². The van der Waals surface area contributed by atoms with E-state index in [2.05, 4.69) is 0 Å². The van der Waals surface area contributed by atoms with Crippen LogP contribution in [0, 0.1) is 0 Å². The zero-order valence-corrected chi connectivity index (χ0v) is 7.84. The summed E-state index contributed by atoms with van der Waals surface area (Å²) in [5, 5.41) is 0. The van der Waals surface area contributed by atoms with Gasteiger partial charge in [0, 0.05) is 0 Å². The van der Waals surface area contributed by atoms with E-state index in [1.807, 2.05) is 0 Å². The SMILES string of the molecule is Cl.Cl.[NH2][Co]([NH2])([NH2])([NH2])([NH2])[Cl]. The molecule has 9 heavy (non-hydrogen) atoms. The standard InChI is InChI=1S/3ClH.Co.5H2N/h3*1H;;5*1H2/q;;;+6;5*-1/p-1. The van der Waals surface area contributed by atoms with E-state index in [0.717, 1.165) is 0 Å². The summed E-state index contributed by atoms with van der Waals surface area (Å²) in [5.74, 6) is 0. The first-order chi connectivity index (χ1) is 2.45. The van der Waals surface area contributed by atoms with Gasteiger partial charge < -0.3 is 0 Å². The molecule has 0 saturated heterocycles. The Bertz CT molecular complexity index is 70.8. The van der Waals surface area contributed by atoms with Crippen LogP contribution in [0.15, 0.2) is 0 Å². The molecule has 10 N–H and O–H groups in total. The quantitative estimate of drug-likeness (QED) is 0.358. The third-order valence-corrected chi connectivity index (χ3v) is 0. The van der Waals surface area contributed by atoms with Crippen LogP contribution in [0.1, 0.15) is 0 Å². The van der Waals surface area contributed by atoms with Crippen LogP contribution in [0.2, 0.25) is 0 Å². The minimum absolute atomic E-state index is 0. The summed E-state index contributed by atoms with van der Waals surface area (Å²) < 4.78 is 0. The molecule has 9 heteroatoms. The normalized spacial score (nSPS) is 18.0. The van der Waals surface area contributed by atoms with Gasteiger partial charge in [0.05, 0.1) is 0 Å². The predicted molar refractivity (Wildman–Crippen MR) is 41.3 cm³/mol. The van der Waals surface area contributed by atoms with Gasteiger partial charge in [0.1, 0.15) is 0 Å². The van der Waals surface area contributed by atoms with Gasteiger partial charge in [-0.1, -0.05) is 0 Å². The molecule has 0 rings (SSSR count). The van der Waals surface area contributed by atoms with E-state index in [0.29, 0.717) is 0 Å². The molecule has 5 nitrogen and oxygen atoms in total. The van der Waals surface area contributed by atoms with E-state index < -0.39 is 10.7 Å². The van der Waals surface area contributed by atoms with Crippen LogP contribution in [-0.2, 0) is 10.7 Å². The Morgan fingerprint density at radius 3 is 0.778 bits per heavy atom. The van der Waals surface area contributed by atoms with Gasteiger partial charge in [-0.15, -0.1) is 24.8 Å². The molecule has 0 fully saturated rings. The number of halogens is 3. The van der Waals surface area contributed by atoms with Crippen LogP contribution in [0.3, 0.4) is 0 Å². The van der Waals surface area contributed by atoms with Crippen molar-refractivity contribution in [2.75, 3.05) is 0 Å². The summed E-state index contributed by atoms with van der Waals surface area (Å²) in [6.07, 6.45) is 0. The second-order valence-corrected chi connectivity index (χ2v) is 9.08. The van der Waals surface area contributed by atoms with E-state index in [1.54, 1.807) is 0 Å². The molecule has 0 heterocycles. The van der Waals surface area contributed by atoms with E-state index in [1.165, 1.54) is 0 Å². The fraction of sp³-hybridized carbons (Fsp3) is 0. The van der Waals surface area contributed by atoms with Crippen molar-refractivity contribution in [1.82, 2.24) is 0 Å². The summed E-state index contributed by atoms with van der Waals surface area (Å²) in [7, 11) is 0.392. The van der Waals surface area contributed by atoms with Gasteiger partial charge in [-0.25, -0.2) is 0 Å². The summed E-state index contributed by atoms with van der Waals surface area (Å²) in [4.78, 5) is 24.3. The average Bonchev–Trinajstić information content (AvgIpc) is 0.592. The Labute approximate surface area is 69.7 Å². The summed E-state index contributed by atoms with van der Waals surface area (Å²) in [6, 6.07) is 0. The molecule has 0 bridgehead atoms. The van der Waals surface area contributed by atoms with Crippen LogP contribution in [0.5, 0.6) is 0 Å². The topological polar surface area (TPSA) is 130 Å². The molecule has 0 aromatic carbocycles. The Hall–Kier alpha value is 1.18. The van der Waals surface area contributed by atoms with Crippen LogP contribution < -0.4 is 23.9 Å². The predicted octanol–water partition coefficient (Wildman–Crippen LogP) is -1.42. The van der Waals surface area contributed by atoms with Gasteiger partial charge in [-0.2, -0.15) is 0 Å². The number of hydrogen-bond acceptors (Lipinski definition) is 5. The molecular formula is H12Cl3CoN5. The molecule has 0 aliphatic heterocycles. The zero-order chi connectivity index (χ0) is 6.41. The fourth-order valence-corrected chi connectivity index (χ4v) is 0. The Morgan fingerprint density at radius 2 is 0.778 bits per heavy atom. The third kappa shape index (κ3) is 341. The zero-order valence-electron chi connectivity index (χ0n) is 4.41. The minimum atomic E-state index is -4.67. The van der Waals surface area contributed by atoms with Crippen molar-refractivity contribution in [3.05, 3.63) is 0 Å². The maximum atomic E-state index is 5.07. The molecule has 67 valence electrons. The van der Waals surface area contributed by atoms with E-state index in [9.17, 15) is 0 Å². The molecule has 0 aromatic heterocycles. The first-order valence-corrected chi connectivity index (χ1v) is 5.53. The number of hydrogen-bond donors (Lipinski definition) is 5. The van der Waals surface area contributed by atoms with Crippen molar-refractivity contribution in [1.29, 1.82) is 0 Å². The monoisotopic (exact) mass is 246 g/mol. The van der Waals surface area contributed by atoms with Gasteiger partial charge in [0.15, 0.2) is 0 Å². The van der Waals surface area contributed by atoms with Crippen molar-refractivity contribution in [3.8, 4) is 0 Å². The van der Waals surface area contributed by atoms with Gasteiger partial charge >= 0.3 is 44.8 Å². The van der Waals surface area contributed by atoms with Crippen molar-refractivity contribution < 1.29 is 10.7 Å². The van der Waals surface area contributed by atoms with Gasteiger partial charge in [-0.3, -0.25) is 0 Å². The molecule has 0 atom stereocenters. The molecule has 0 amide bonds. The fourth-order valence-electron chi connectivity index (χ4n) is 0. The summed E-state index contributed by atoms with van der Waals surface area (Å²) >= 11 is 0. The molecule has 0 aromatic rings. The van der Waals surface area contributed by atoms with Crippen LogP contribution in [0.25, 0.3) is 0 Å². The number of rotatable bonds is 0. The van der Waals surface area contributed by atoms with Gasteiger partial charge in [0.2, 0.25) is 0 Å². The Morgan fingerprint density at radius 1 is 0.778 bits per heavy atom. The molecular weight excluding hydrogens is 235 g/mol. The van der Waals surface area contributed by atoms with Crippen molar-refractivity contribution in [2.45, 2.75) is 0 Å². The second-order valence-electron chi connectivity index (χ2n) is 1.47. The molecule has 0 radical (unpaired) electrons. The van der Waals surface area contributed by atoms with E-state index in [-0.39, 0.29) is 24.8 Å². The first kappa shape index (κ1) is 16.6. The summed E-state index contributed by atoms with van der Waals surface area (Å²) in [6.45, 7) is 0. The average molecular weight is 247 g/mol. The van der Waals surface area contributed by atoms with E-state index in [4.69, 9.17) is 34.1 Å². The summed E-state index contributed by atoms with van der Waals surface area (Å²) in [5.41, 5.74) is 0. The molecule has 0 aliphatic rings. The Balaban J connectivity index is -0.000000180. The van der Waals surface area contributed by atoms with Crippen molar-refractivity contribution in [2.24, 2.45) is 23.9 Å². The van der Waals surface area contributed by atoms with Crippen LogP contribution >= 0.6 is 35.0 Å². The van der Waals surface area contributed by atoms with Crippen molar-refractivity contribution >= 4 is 35.0 Å². The molecule has 0 spiro atoms. The maximum absolute atomic E-state index is 5.07. The van der Waals surface area contributed by atoms with Crippen molar-refractivity contribution in [3.63, 3.8) is 0 Å². The molecule has 0 aliphatic carbocycles. The van der Waals surface area contributed by atoms with Gasteiger partial charge in [0.25, 0.3) is 0 Å². The second kappa shape index (κ2) is 2.34. The molecule has 0 saturated carbocycles. The molecule has 0 unspecified atom stereocenters. The number of nitrogens with two attached hydrogens (primary N) is 5. The van der Waals surface area contributed by atoms with E-state index >= 15 is 0 Å². The Kier molecular flexibility index (Phi) is 4.33. The first-order valence-electron chi connectivity index (χ1n) is 1.09. The van der Waals surface area contributed by atoms with Gasteiger partial charge in [-0.05, 0) is 0 Å². The van der Waals surface area contributed by atoms with Crippen LogP contribution in [0.4, 0.5) is 0 Å². The third-order valence-electron chi connectivity index (χ3n) is 0.